The van der Waals surface area contributed by atoms with Gasteiger partial charge in [0, 0.05) is 34.8 Å². The number of aryl methyl sites for hydroxylation is 1. The highest BCUT2D eigenvalue weighted by atomic mass is 16.5. The largest absolute Gasteiger partial charge is 0.507 e. The van der Waals surface area contributed by atoms with Gasteiger partial charge >= 0.3 is 5.97 Å². The van der Waals surface area contributed by atoms with Crippen molar-refractivity contribution in [3.05, 3.63) is 129 Å². The van der Waals surface area contributed by atoms with E-state index in [9.17, 15) is 15.0 Å². The number of hydrogen-bond acceptors (Lipinski definition) is 4. The Morgan fingerprint density at radius 1 is 0.659 bits per heavy atom. The fraction of sp³-hybridized carbons (Fsp3) is 0.375. The van der Waals surface area contributed by atoms with E-state index in [0.29, 0.717) is 25.7 Å². The summed E-state index contributed by atoms with van der Waals surface area (Å²) in [4.78, 5) is 11.9. The minimum absolute atomic E-state index is 0.151. The molecule has 4 rings (SSSR count). The van der Waals surface area contributed by atoms with Crippen molar-refractivity contribution in [3.8, 4) is 11.5 Å². The van der Waals surface area contributed by atoms with Gasteiger partial charge in [0.2, 0.25) is 0 Å². The van der Waals surface area contributed by atoms with Crippen molar-refractivity contribution in [2.45, 2.75) is 90.4 Å². The fourth-order valence-corrected chi connectivity index (χ4v) is 6.02. The average molecular weight is 593 g/mol. The summed E-state index contributed by atoms with van der Waals surface area (Å²) in [5, 5.41) is 23.8. The number of carbonyl (C=O) groups excluding carboxylic acids is 1. The third-order valence-electron chi connectivity index (χ3n) is 9.10. The van der Waals surface area contributed by atoms with Gasteiger partial charge in [0.1, 0.15) is 11.5 Å². The van der Waals surface area contributed by atoms with Gasteiger partial charge in [-0.2, -0.15) is 0 Å². The Hall–Kier alpha value is -4.05. The molecule has 44 heavy (non-hydrogen) atoms. The first kappa shape index (κ1) is 32.9. The molecular weight excluding hydrogens is 544 g/mol. The lowest BCUT2D eigenvalue weighted by atomic mass is 9.73. The molecule has 0 aromatic heterocycles. The SMILES string of the molecule is COC(=O)CCCc1cc(Cc2cc(C(C)(C)C)cc(C(C)(C)c3ccccc3)c2O)c(O)c(C(C)(C)c2ccccc2)c1. The summed E-state index contributed by atoms with van der Waals surface area (Å²) in [6.45, 7) is 15.1. The van der Waals surface area contributed by atoms with Crippen LogP contribution in [-0.2, 0) is 38.6 Å². The minimum atomic E-state index is -0.478. The second kappa shape index (κ2) is 12.9. The van der Waals surface area contributed by atoms with Gasteiger partial charge in [-0.1, -0.05) is 133 Å². The van der Waals surface area contributed by atoms with Crippen LogP contribution in [0.15, 0.2) is 84.9 Å². The summed E-state index contributed by atoms with van der Waals surface area (Å²) < 4.78 is 4.86. The van der Waals surface area contributed by atoms with E-state index >= 15 is 0 Å². The number of phenolic OH excluding ortho intramolecular Hbond substituents is 2. The van der Waals surface area contributed by atoms with Gasteiger partial charge in [-0.3, -0.25) is 4.79 Å². The number of aromatic hydroxyl groups is 2. The number of ether oxygens (including phenoxy) is 1. The van der Waals surface area contributed by atoms with Gasteiger partial charge in [-0.25, -0.2) is 0 Å². The Kier molecular flexibility index (Phi) is 9.63. The van der Waals surface area contributed by atoms with Gasteiger partial charge in [-0.15, -0.1) is 0 Å². The number of methoxy groups -OCH3 is 1. The van der Waals surface area contributed by atoms with Gasteiger partial charge in [-0.05, 0) is 51.6 Å². The molecule has 2 N–H and O–H groups in total. The Morgan fingerprint density at radius 2 is 1.14 bits per heavy atom. The van der Waals surface area contributed by atoms with Gasteiger partial charge in [0.05, 0.1) is 7.11 Å². The van der Waals surface area contributed by atoms with E-state index in [4.69, 9.17) is 4.74 Å². The summed E-state index contributed by atoms with van der Waals surface area (Å²) >= 11 is 0. The Balaban J connectivity index is 1.87. The van der Waals surface area contributed by atoms with Crippen molar-refractivity contribution in [3.63, 3.8) is 0 Å². The first-order valence-electron chi connectivity index (χ1n) is 15.6. The third-order valence-corrected chi connectivity index (χ3v) is 9.10. The van der Waals surface area contributed by atoms with Crippen LogP contribution in [0.25, 0.3) is 0 Å². The molecule has 0 aliphatic heterocycles. The minimum Gasteiger partial charge on any atom is -0.507 e. The molecule has 4 aromatic rings. The predicted molar refractivity (Wildman–Crippen MR) is 180 cm³/mol. The fourth-order valence-electron chi connectivity index (χ4n) is 6.02. The number of rotatable bonds is 10. The quantitative estimate of drug-likeness (QED) is 0.180. The molecule has 0 amide bonds. The summed E-state index contributed by atoms with van der Waals surface area (Å²) in [7, 11) is 1.41. The molecule has 0 aliphatic carbocycles. The highest BCUT2D eigenvalue weighted by Gasteiger charge is 2.32. The lowest BCUT2D eigenvalue weighted by molar-refractivity contribution is -0.140. The topological polar surface area (TPSA) is 66.8 Å². The van der Waals surface area contributed by atoms with Crippen molar-refractivity contribution in [2.75, 3.05) is 7.11 Å². The molecular formula is C40H48O4. The highest BCUT2D eigenvalue weighted by molar-refractivity contribution is 5.69. The van der Waals surface area contributed by atoms with E-state index in [1.807, 2.05) is 42.5 Å². The molecule has 0 spiro atoms. The summed E-state index contributed by atoms with van der Waals surface area (Å²) in [6, 6.07) is 28.8. The standard InChI is InChI=1S/C40H48O4/c1-38(2,3)32-25-29(37(43)34(26-32)40(6,7)31-19-13-10-14-20-31)24-28-22-27(16-15-21-35(41)44-8)23-33(36(28)42)39(4,5)30-17-11-9-12-18-30/h9-14,17-20,22-23,25-26,42-43H,15-16,21,24H2,1-8H3. The van der Waals surface area contributed by atoms with Gasteiger partial charge < -0.3 is 14.9 Å². The molecule has 0 aliphatic rings. The molecule has 4 aromatic carbocycles. The molecule has 0 unspecified atom stereocenters. The Labute approximate surface area is 263 Å². The molecule has 0 atom stereocenters. The van der Waals surface area contributed by atoms with E-state index in [0.717, 1.165) is 44.5 Å². The van der Waals surface area contributed by atoms with Crippen molar-refractivity contribution in [1.82, 2.24) is 0 Å². The van der Waals surface area contributed by atoms with Crippen LogP contribution < -0.4 is 0 Å². The van der Waals surface area contributed by atoms with E-state index in [2.05, 4.69) is 90.9 Å². The average Bonchev–Trinajstić information content (AvgIpc) is 2.99. The monoisotopic (exact) mass is 592 g/mol. The number of esters is 1. The van der Waals surface area contributed by atoms with Gasteiger partial charge in [0.15, 0.2) is 0 Å². The van der Waals surface area contributed by atoms with E-state index in [1.54, 1.807) is 0 Å². The zero-order valence-corrected chi connectivity index (χ0v) is 27.6. The summed E-state index contributed by atoms with van der Waals surface area (Å²) in [6.07, 6.45) is 2.00. The lowest BCUT2D eigenvalue weighted by Crippen LogP contribution is -2.22. The smallest absolute Gasteiger partial charge is 0.305 e. The van der Waals surface area contributed by atoms with E-state index in [-0.39, 0.29) is 22.9 Å². The second-order valence-electron chi connectivity index (χ2n) is 14.0. The summed E-state index contributed by atoms with van der Waals surface area (Å²) in [5.74, 6) is 0.262. The predicted octanol–water partition coefficient (Wildman–Crippen LogP) is 9.13. The van der Waals surface area contributed by atoms with Crippen LogP contribution in [0, 0.1) is 0 Å². The third kappa shape index (κ3) is 7.01. The van der Waals surface area contributed by atoms with Crippen molar-refractivity contribution < 1.29 is 19.7 Å². The van der Waals surface area contributed by atoms with Crippen LogP contribution in [0.3, 0.4) is 0 Å². The van der Waals surface area contributed by atoms with E-state index in [1.165, 1.54) is 7.11 Å². The normalized spacial score (nSPS) is 12.3. The first-order chi connectivity index (χ1) is 20.7. The molecule has 0 fully saturated rings. The van der Waals surface area contributed by atoms with Crippen molar-refractivity contribution in [2.24, 2.45) is 0 Å². The molecule has 4 heteroatoms. The van der Waals surface area contributed by atoms with Crippen molar-refractivity contribution in [1.29, 1.82) is 0 Å². The number of benzene rings is 4. The number of phenols is 2. The maximum absolute atomic E-state index is 11.9. The van der Waals surface area contributed by atoms with E-state index < -0.39 is 10.8 Å². The Morgan fingerprint density at radius 3 is 1.61 bits per heavy atom. The molecule has 0 heterocycles. The zero-order chi connectivity index (χ0) is 32.3. The van der Waals surface area contributed by atoms with Crippen LogP contribution in [-0.4, -0.2) is 23.3 Å². The molecule has 0 radical (unpaired) electrons. The van der Waals surface area contributed by atoms with Crippen LogP contribution >= 0.6 is 0 Å². The maximum atomic E-state index is 11.9. The van der Waals surface area contributed by atoms with Crippen LogP contribution in [0.5, 0.6) is 11.5 Å². The molecule has 0 bridgehead atoms. The van der Waals surface area contributed by atoms with Crippen LogP contribution in [0.1, 0.15) is 106 Å². The number of carbonyl (C=O) groups is 1. The summed E-state index contributed by atoms with van der Waals surface area (Å²) in [5.41, 5.74) is 6.53. The van der Waals surface area contributed by atoms with Crippen LogP contribution in [0.2, 0.25) is 0 Å². The molecule has 0 saturated carbocycles. The Bertz CT molecular complexity index is 1590. The van der Waals surface area contributed by atoms with Crippen molar-refractivity contribution >= 4 is 5.97 Å². The molecule has 232 valence electrons. The first-order valence-corrected chi connectivity index (χ1v) is 15.6. The van der Waals surface area contributed by atoms with Gasteiger partial charge in [0.25, 0.3) is 0 Å². The van der Waals surface area contributed by atoms with Crippen LogP contribution in [0.4, 0.5) is 0 Å². The number of hydrogen-bond donors (Lipinski definition) is 2. The zero-order valence-electron chi connectivity index (χ0n) is 27.6. The highest BCUT2D eigenvalue weighted by Crippen LogP contribution is 2.44. The molecule has 4 nitrogen and oxygen atoms in total. The maximum Gasteiger partial charge on any atom is 0.305 e. The second-order valence-corrected chi connectivity index (χ2v) is 14.0. The lowest BCUT2D eigenvalue weighted by Gasteiger charge is -2.31. The molecule has 0 saturated heterocycles.